The van der Waals surface area contributed by atoms with Crippen LogP contribution in [-0.2, 0) is 10.7 Å². The van der Waals surface area contributed by atoms with Gasteiger partial charge in [0, 0.05) is 10.9 Å². The molecule has 2 N–H and O–H groups in total. The molecule has 0 aliphatic heterocycles. The third-order valence-electron chi connectivity index (χ3n) is 5.83. The van der Waals surface area contributed by atoms with Gasteiger partial charge in [0.2, 0.25) is 0 Å². The summed E-state index contributed by atoms with van der Waals surface area (Å²) in [6.45, 7) is 2.08. The maximum absolute atomic E-state index is 15.4. The zero-order valence-corrected chi connectivity index (χ0v) is 20.1. The molecule has 1 aliphatic carbocycles. The highest BCUT2D eigenvalue weighted by molar-refractivity contribution is 5.92. The number of hydrogen-bond acceptors (Lipinski definition) is 7. The summed E-state index contributed by atoms with van der Waals surface area (Å²) in [5, 5.41) is 12.2. The molecular formula is C25H27F4N3O4. The van der Waals surface area contributed by atoms with Crippen molar-refractivity contribution in [2.45, 2.75) is 44.8 Å². The van der Waals surface area contributed by atoms with Crippen LogP contribution in [0.1, 0.15) is 42.8 Å². The Labute approximate surface area is 205 Å². The van der Waals surface area contributed by atoms with Crippen LogP contribution in [-0.4, -0.2) is 48.1 Å². The zero-order valence-electron chi connectivity index (χ0n) is 20.1. The van der Waals surface area contributed by atoms with E-state index in [9.17, 15) is 13.2 Å². The molecule has 194 valence electrons. The van der Waals surface area contributed by atoms with Crippen molar-refractivity contribution < 1.29 is 36.9 Å². The molecule has 0 spiro atoms. The van der Waals surface area contributed by atoms with Crippen molar-refractivity contribution in [3.05, 3.63) is 52.9 Å². The van der Waals surface area contributed by atoms with Crippen molar-refractivity contribution in [2.24, 2.45) is 0 Å². The van der Waals surface area contributed by atoms with Crippen LogP contribution in [0.4, 0.5) is 23.4 Å². The molecule has 0 amide bonds. The van der Waals surface area contributed by atoms with Crippen molar-refractivity contribution in [3.63, 3.8) is 0 Å². The van der Waals surface area contributed by atoms with Gasteiger partial charge in [-0.05, 0) is 38.8 Å². The number of aliphatic hydroxyl groups excluding tert-OH is 1. The molecule has 1 atom stereocenters. The minimum Gasteiger partial charge on any atom is -0.490 e. The van der Waals surface area contributed by atoms with Crippen LogP contribution in [0.5, 0.6) is 11.5 Å². The summed E-state index contributed by atoms with van der Waals surface area (Å²) in [7, 11) is 1.31. The lowest BCUT2D eigenvalue weighted by atomic mass is 10.00. The van der Waals surface area contributed by atoms with E-state index >= 15 is 4.39 Å². The molecule has 0 saturated heterocycles. The van der Waals surface area contributed by atoms with Gasteiger partial charge < -0.3 is 24.6 Å². The van der Waals surface area contributed by atoms with Gasteiger partial charge in [-0.15, -0.1) is 0 Å². The first-order chi connectivity index (χ1) is 17.2. The average molecular weight is 510 g/mol. The summed E-state index contributed by atoms with van der Waals surface area (Å²) in [6, 6.07) is 4.20. The molecule has 1 fully saturated rings. The quantitative estimate of drug-likeness (QED) is 0.277. The third kappa shape index (κ3) is 5.31. The number of aromatic nitrogens is 2. The lowest BCUT2D eigenvalue weighted by Crippen LogP contribution is -2.22. The number of alkyl halides is 2. The third-order valence-corrected chi connectivity index (χ3v) is 5.83. The fraction of sp³-hybridized carbons (Fsp3) is 0.440. The van der Waals surface area contributed by atoms with Crippen LogP contribution < -0.4 is 14.8 Å². The first-order valence-corrected chi connectivity index (χ1v) is 11.5. The minimum atomic E-state index is -3.74. The Balaban J connectivity index is 1.68. The number of aryl methyl sites for hydroxylation is 1. The average Bonchev–Trinajstić information content (AvgIpc) is 3.67. The van der Waals surface area contributed by atoms with Crippen LogP contribution >= 0.6 is 0 Å². The molecule has 1 aromatic heterocycles. The number of methoxy groups -OCH3 is 1. The fourth-order valence-corrected chi connectivity index (χ4v) is 3.84. The molecule has 3 aromatic rings. The molecule has 0 bridgehead atoms. The van der Waals surface area contributed by atoms with Gasteiger partial charge in [0.15, 0.2) is 17.3 Å². The van der Waals surface area contributed by atoms with Crippen molar-refractivity contribution in [2.75, 3.05) is 32.2 Å². The van der Waals surface area contributed by atoms with Gasteiger partial charge in [-0.1, -0.05) is 12.1 Å². The van der Waals surface area contributed by atoms with Gasteiger partial charge in [0.25, 0.3) is 5.92 Å². The first-order valence-electron chi connectivity index (χ1n) is 11.5. The molecule has 0 unspecified atom stereocenters. The van der Waals surface area contributed by atoms with Crippen LogP contribution in [0, 0.1) is 18.6 Å². The van der Waals surface area contributed by atoms with E-state index in [1.165, 1.54) is 25.3 Å². The van der Waals surface area contributed by atoms with Crippen molar-refractivity contribution in [3.8, 4) is 11.5 Å². The molecule has 4 rings (SSSR count). The molecule has 1 aliphatic rings. The van der Waals surface area contributed by atoms with Crippen LogP contribution in [0.2, 0.25) is 0 Å². The second-order valence-electron chi connectivity index (χ2n) is 8.59. The maximum Gasteiger partial charge on any atom is 0.298 e. The predicted molar refractivity (Wildman–Crippen MR) is 125 cm³/mol. The van der Waals surface area contributed by atoms with E-state index in [1.807, 2.05) is 0 Å². The van der Waals surface area contributed by atoms with Crippen molar-refractivity contribution in [1.29, 1.82) is 0 Å². The standard InChI is InChI=1S/C25H27F4N3O4/c1-13(16-5-4-6-18(20(16)26)25(28,29)12-33)30-24-17-11-19(36-10-9-35-15-7-8-15)23(34-3)21(27)22(17)31-14(2)32-24/h4-6,11,13,15,33H,7-10,12H2,1-3H3,(H,30,31,32)/t13-/m1/s1. The summed E-state index contributed by atoms with van der Waals surface area (Å²) in [5.74, 6) is -5.29. The Bertz CT molecular complexity index is 1250. The highest BCUT2D eigenvalue weighted by Gasteiger charge is 2.35. The van der Waals surface area contributed by atoms with Gasteiger partial charge in [-0.2, -0.15) is 8.78 Å². The van der Waals surface area contributed by atoms with Crippen LogP contribution in [0.15, 0.2) is 24.3 Å². The van der Waals surface area contributed by atoms with E-state index < -0.39 is 35.8 Å². The normalized spacial score (nSPS) is 14.7. The first kappa shape index (κ1) is 25.9. The summed E-state index contributed by atoms with van der Waals surface area (Å²) in [5.41, 5.74) is -1.04. The van der Waals surface area contributed by atoms with Crippen molar-refractivity contribution in [1.82, 2.24) is 9.97 Å². The number of nitrogens with zero attached hydrogens (tertiary/aromatic N) is 2. The Hall–Kier alpha value is -3.18. The largest absolute Gasteiger partial charge is 0.490 e. The fourth-order valence-electron chi connectivity index (χ4n) is 3.84. The van der Waals surface area contributed by atoms with Gasteiger partial charge >= 0.3 is 0 Å². The molecule has 2 aromatic carbocycles. The van der Waals surface area contributed by atoms with Gasteiger partial charge in [-0.3, -0.25) is 0 Å². The predicted octanol–water partition coefficient (Wildman–Crippen LogP) is 5.04. The zero-order chi connectivity index (χ0) is 26.0. The molecule has 36 heavy (non-hydrogen) atoms. The topological polar surface area (TPSA) is 85.7 Å². The smallest absolute Gasteiger partial charge is 0.298 e. The number of fused-ring (bicyclic) bond motifs is 1. The van der Waals surface area contributed by atoms with E-state index in [-0.39, 0.29) is 52.3 Å². The Morgan fingerprint density at radius 1 is 1.17 bits per heavy atom. The van der Waals surface area contributed by atoms with Gasteiger partial charge in [0.05, 0.1) is 31.4 Å². The second kappa shape index (κ2) is 10.4. The Kier molecular flexibility index (Phi) is 7.51. The number of hydrogen-bond donors (Lipinski definition) is 2. The SMILES string of the molecule is COc1c(OCCOC2CC2)cc2c(N[C@H](C)c3cccc(C(F)(F)CO)c3F)nc(C)nc2c1F. The molecular weight excluding hydrogens is 482 g/mol. The summed E-state index contributed by atoms with van der Waals surface area (Å²) < 4.78 is 74.9. The molecule has 1 heterocycles. The maximum atomic E-state index is 15.4. The van der Waals surface area contributed by atoms with Crippen LogP contribution in [0.25, 0.3) is 10.9 Å². The van der Waals surface area contributed by atoms with E-state index in [4.69, 9.17) is 19.3 Å². The number of benzene rings is 2. The number of ether oxygens (including phenoxy) is 3. The highest BCUT2D eigenvalue weighted by atomic mass is 19.3. The lowest BCUT2D eigenvalue weighted by molar-refractivity contribution is -0.0583. The highest BCUT2D eigenvalue weighted by Crippen LogP contribution is 2.39. The van der Waals surface area contributed by atoms with Crippen LogP contribution in [0.3, 0.4) is 0 Å². The summed E-state index contributed by atoms with van der Waals surface area (Å²) in [6.07, 6.45) is 2.27. The van der Waals surface area contributed by atoms with E-state index in [0.29, 0.717) is 6.61 Å². The van der Waals surface area contributed by atoms with E-state index in [2.05, 4.69) is 15.3 Å². The summed E-state index contributed by atoms with van der Waals surface area (Å²) in [4.78, 5) is 8.51. The van der Waals surface area contributed by atoms with E-state index in [0.717, 1.165) is 18.9 Å². The molecule has 1 saturated carbocycles. The summed E-state index contributed by atoms with van der Waals surface area (Å²) >= 11 is 0. The minimum absolute atomic E-state index is 0.0448. The second-order valence-corrected chi connectivity index (χ2v) is 8.59. The van der Waals surface area contributed by atoms with Gasteiger partial charge in [0.1, 0.15) is 36.2 Å². The Morgan fingerprint density at radius 2 is 1.92 bits per heavy atom. The monoisotopic (exact) mass is 509 g/mol. The number of nitrogens with one attached hydrogen (secondary N) is 1. The lowest BCUT2D eigenvalue weighted by Gasteiger charge is -2.21. The molecule has 11 heteroatoms. The number of rotatable bonds is 11. The Morgan fingerprint density at radius 3 is 2.58 bits per heavy atom. The van der Waals surface area contributed by atoms with Crippen molar-refractivity contribution >= 4 is 16.7 Å². The molecule has 7 nitrogen and oxygen atoms in total. The van der Waals surface area contributed by atoms with Gasteiger partial charge in [-0.25, -0.2) is 18.7 Å². The van der Waals surface area contributed by atoms with E-state index in [1.54, 1.807) is 13.8 Å². The number of anilines is 1. The number of halogens is 4. The number of aliphatic hydroxyl groups is 1. The molecule has 0 radical (unpaired) electrons.